The third kappa shape index (κ3) is 19.8. The van der Waals surface area contributed by atoms with Crippen LogP contribution in [0.4, 0.5) is 0 Å². The molecule has 0 aromatic carbocycles. The normalized spacial score (nSPS) is 12.6. The van der Waals surface area contributed by atoms with Crippen LogP contribution in [-0.2, 0) is 33.8 Å². The number of esters is 1. The topological polar surface area (TPSA) is 83.8 Å². The van der Waals surface area contributed by atoms with Gasteiger partial charge in [0, 0.05) is 25.9 Å². The van der Waals surface area contributed by atoms with E-state index < -0.39 is 5.97 Å². The largest absolute Gasteiger partial charge is 0.478 e. The van der Waals surface area contributed by atoms with Crippen LogP contribution >= 0.6 is 0 Å². The average Bonchev–Trinajstić information content (AvgIpc) is 2.64. The monoisotopic (exact) mass is 446 g/mol. The van der Waals surface area contributed by atoms with Gasteiger partial charge in [0.05, 0.1) is 11.7 Å². The Kier molecular flexibility index (Phi) is 21.6. The summed E-state index contributed by atoms with van der Waals surface area (Å²) in [6.45, 7) is 3.58. The van der Waals surface area contributed by atoms with Crippen molar-refractivity contribution in [2.24, 2.45) is 0 Å². The molecule has 0 fully saturated rings. The molecule has 0 aromatic rings. The number of aliphatic hydroxyl groups excluding tert-OH is 1. The van der Waals surface area contributed by atoms with E-state index in [4.69, 9.17) is 9.84 Å². The fraction of sp³-hybridized carbons (Fsp3) is 0.727. The molecule has 0 saturated heterocycles. The number of carboxylic acids is 1. The van der Waals surface area contributed by atoms with Gasteiger partial charge in [0.15, 0.2) is 0 Å². The van der Waals surface area contributed by atoms with Gasteiger partial charge in [0.2, 0.25) is 0 Å². The Morgan fingerprint density at radius 2 is 1.61 bits per heavy atom. The fourth-order valence-electron chi connectivity index (χ4n) is 2.62. The van der Waals surface area contributed by atoms with Crippen molar-refractivity contribution in [3.05, 3.63) is 24.0 Å². The maximum atomic E-state index is 11.4. The number of hydrogen-bond acceptors (Lipinski definition) is 4. The summed E-state index contributed by atoms with van der Waals surface area (Å²) in [6, 6.07) is 0. The summed E-state index contributed by atoms with van der Waals surface area (Å²) in [6.07, 6.45) is 17.9. The van der Waals surface area contributed by atoms with Gasteiger partial charge in [-0.15, -0.1) is 0 Å². The van der Waals surface area contributed by atoms with E-state index >= 15 is 0 Å². The summed E-state index contributed by atoms with van der Waals surface area (Å²) in [5.41, 5.74) is 0.0143. The molecule has 0 spiro atoms. The molecular weight excluding hydrogens is 410 g/mol. The third-order valence-electron chi connectivity index (χ3n) is 4.42. The Balaban J connectivity index is 0. The van der Waals surface area contributed by atoms with Gasteiger partial charge in [-0.25, -0.2) is 4.79 Å². The predicted molar refractivity (Wildman–Crippen MR) is 108 cm³/mol. The van der Waals surface area contributed by atoms with Gasteiger partial charge < -0.3 is 14.9 Å². The first-order valence-electron chi connectivity index (χ1n) is 10.4. The van der Waals surface area contributed by atoms with Crippen molar-refractivity contribution in [3.63, 3.8) is 0 Å². The quantitative estimate of drug-likeness (QED) is 0.0765. The molecule has 6 heteroatoms. The molecule has 0 aromatic heterocycles. The van der Waals surface area contributed by atoms with Crippen molar-refractivity contribution < 1.29 is 44.0 Å². The van der Waals surface area contributed by atoms with Gasteiger partial charge in [-0.2, -0.15) is 0 Å². The summed E-state index contributed by atoms with van der Waals surface area (Å²) in [7, 11) is 0. The van der Waals surface area contributed by atoms with Crippen molar-refractivity contribution in [1.29, 1.82) is 0 Å². The minimum atomic E-state index is -1.08. The van der Waals surface area contributed by atoms with Gasteiger partial charge in [-0.1, -0.05) is 64.0 Å². The zero-order valence-electron chi connectivity index (χ0n) is 17.8. The van der Waals surface area contributed by atoms with E-state index in [0.29, 0.717) is 6.42 Å². The van der Waals surface area contributed by atoms with Crippen molar-refractivity contribution >= 4 is 11.9 Å². The molecular formula is C22H38O5Zn. The van der Waals surface area contributed by atoms with Crippen LogP contribution < -0.4 is 0 Å². The van der Waals surface area contributed by atoms with Crippen LogP contribution in [0, 0.1) is 0 Å². The van der Waals surface area contributed by atoms with Crippen LogP contribution in [0.2, 0.25) is 0 Å². The van der Waals surface area contributed by atoms with E-state index in [0.717, 1.165) is 64.0 Å². The first-order chi connectivity index (χ1) is 13.0. The van der Waals surface area contributed by atoms with Crippen molar-refractivity contribution in [2.75, 3.05) is 0 Å². The number of allylic oxidation sites excluding steroid dienone is 1. The summed E-state index contributed by atoms with van der Waals surface area (Å²) < 4.78 is 4.78. The molecule has 0 radical (unpaired) electrons. The molecule has 0 aliphatic rings. The van der Waals surface area contributed by atoms with Crippen LogP contribution in [0.15, 0.2) is 24.0 Å². The molecule has 28 heavy (non-hydrogen) atoms. The molecule has 0 aliphatic heterocycles. The molecule has 0 heterocycles. The molecule has 0 bridgehead atoms. The Morgan fingerprint density at radius 3 is 2.29 bits per heavy atom. The molecule has 0 aliphatic carbocycles. The molecule has 0 amide bonds. The van der Waals surface area contributed by atoms with Crippen molar-refractivity contribution in [2.45, 2.75) is 103 Å². The van der Waals surface area contributed by atoms with Crippen LogP contribution in [-0.4, -0.2) is 28.3 Å². The van der Waals surface area contributed by atoms with E-state index in [2.05, 4.69) is 19.1 Å². The molecule has 5 nitrogen and oxygen atoms in total. The number of ether oxygens (including phenoxy) is 1. The molecule has 2 N–H and O–H groups in total. The maximum Gasteiger partial charge on any atom is 0.334 e. The average molecular weight is 448 g/mol. The van der Waals surface area contributed by atoms with Gasteiger partial charge in [0.1, 0.15) is 6.26 Å². The molecule has 0 unspecified atom stereocenters. The molecule has 0 saturated carbocycles. The number of aliphatic carboxylic acids is 1. The SMILES string of the molecule is CCCCCC[C@@H](O)C/C=C\CCCCCCCC(=O)OC=C(C)C(=O)O.[Zn]. The van der Waals surface area contributed by atoms with Crippen LogP contribution in [0.1, 0.15) is 97.3 Å². The summed E-state index contributed by atoms with van der Waals surface area (Å²) in [5.74, 6) is -1.47. The van der Waals surface area contributed by atoms with Crippen molar-refractivity contribution in [1.82, 2.24) is 0 Å². The van der Waals surface area contributed by atoms with Crippen LogP contribution in [0.3, 0.4) is 0 Å². The molecule has 158 valence electrons. The minimum Gasteiger partial charge on any atom is -0.478 e. The summed E-state index contributed by atoms with van der Waals surface area (Å²) >= 11 is 0. The van der Waals surface area contributed by atoms with Crippen LogP contribution in [0.5, 0.6) is 0 Å². The second kappa shape index (κ2) is 20.7. The second-order valence-electron chi connectivity index (χ2n) is 7.11. The number of carbonyl (C=O) groups excluding carboxylic acids is 1. The van der Waals surface area contributed by atoms with Gasteiger partial charge in [0.25, 0.3) is 0 Å². The van der Waals surface area contributed by atoms with E-state index in [1.165, 1.54) is 26.2 Å². The minimum absolute atomic E-state index is 0. The van der Waals surface area contributed by atoms with Gasteiger partial charge >= 0.3 is 11.9 Å². The van der Waals surface area contributed by atoms with E-state index in [1.54, 1.807) is 0 Å². The Labute approximate surface area is 183 Å². The van der Waals surface area contributed by atoms with Crippen molar-refractivity contribution in [3.8, 4) is 0 Å². The first-order valence-corrected chi connectivity index (χ1v) is 10.4. The molecule has 1 atom stereocenters. The standard InChI is InChI=1S/C22H38O5.Zn/c1-3-4-5-12-15-20(23)16-13-10-8-6-7-9-11-14-17-21(24)27-18-19(2)22(25)26;/h10,13,18,20,23H,3-9,11-12,14-17H2,1-2H3,(H,25,26);/b13-10-,19-18?;/t20-;/m1./s1. The fourth-order valence-corrected chi connectivity index (χ4v) is 2.62. The van der Waals surface area contributed by atoms with E-state index in [9.17, 15) is 14.7 Å². The van der Waals surface area contributed by atoms with Gasteiger partial charge in [-0.3, -0.25) is 4.79 Å². The first kappa shape index (κ1) is 29.2. The number of hydrogen-bond donors (Lipinski definition) is 2. The maximum absolute atomic E-state index is 11.4. The predicted octanol–water partition coefficient (Wildman–Crippen LogP) is 5.52. The number of carbonyl (C=O) groups is 2. The second-order valence-corrected chi connectivity index (χ2v) is 7.11. The summed E-state index contributed by atoms with van der Waals surface area (Å²) in [5, 5.41) is 18.5. The zero-order chi connectivity index (χ0) is 20.3. The smallest absolute Gasteiger partial charge is 0.334 e. The van der Waals surface area contributed by atoms with E-state index in [-0.39, 0.29) is 37.1 Å². The summed E-state index contributed by atoms with van der Waals surface area (Å²) in [4.78, 5) is 22.0. The number of carboxylic acid groups (broad SMARTS) is 1. The Morgan fingerprint density at radius 1 is 0.964 bits per heavy atom. The number of unbranched alkanes of at least 4 members (excludes halogenated alkanes) is 8. The third-order valence-corrected chi connectivity index (χ3v) is 4.42. The number of rotatable bonds is 17. The zero-order valence-corrected chi connectivity index (χ0v) is 20.8. The van der Waals surface area contributed by atoms with Crippen LogP contribution in [0.25, 0.3) is 0 Å². The van der Waals surface area contributed by atoms with Gasteiger partial charge in [-0.05, 0) is 39.0 Å². The molecule has 0 rings (SSSR count). The number of aliphatic hydroxyl groups is 1. The van der Waals surface area contributed by atoms with E-state index in [1.807, 2.05) is 0 Å². The Hall–Kier alpha value is -0.997. The Bertz CT molecular complexity index is 460.